The van der Waals surface area contributed by atoms with Crippen LogP contribution >= 0.6 is 0 Å². The van der Waals surface area contributed by atoms with Crippen molar-refractivity contribution in [3.05, 3.63) is 18.0 Å². The molecule has 1 aromatic rings. The van der Waals surface area contributed by atoms with Gasteiger partial charge >= 0.3 is 12.1 Å². The number of hydrogen-bond acceptors (Lipinski definition) is 4. The number of carboxylic acids is 1. The van der Waals surface area contributed by atoms with E-state index in [4.69, 9.17) is 4.74 Å². The Morgan fingerprint density at radius 2 is 2.05 bits per heavy atom. The van der Waals surface area contributed by atoms with Crippen LogP contribution in [-0.4, -0.2) is 38.6 Å². The first-order chi connectivity index (χ1) is 10.1. The molecule has 0 aliphatic rings. The van der Waals surface area contributed by atoms with E-state index in [1.807, 2.05) is 0 Å². The number of alkyl carbamates (subject to hydrolysis) is 1. The Balaban J connectivity index is 2.66. The van der Waals surface area contributed by atoms with Gasteiger partial charge in [0.2, 0.25) is 0 Å². The Bertz CT molecular complexity index is 517. The van der Waals surface area contributed by atoms with Gasteiger partial charge in [0.25, 0.3) is 0 Å². The van der Waals surface area contributed by atoms with E-state index in [-0.39, 0.29) is 6.42 Å². The van der Waals surface area contributed by atoms with E-state index in [0.29, 0.717) is 5.92 Å². The molecule has 0 unspecified atom stereocenters. The van der Waals surface area contributed by atoms with Gasteiger partial charge in [0.05, 0.1) is 6.20 Å². The second-order valence-corrected chi connectivity index (χ2v) is 6.71. The number of aromatic nitrogens is 2. The molecule has 0 saturated carbocycles. The summed E-state index contributed by atoms with van der Waals surface area (Å²) in [4.78, 5) is 23.0. The fourth-order valence-corrected chi connectivity index (χ4v) is 1.87. The number of rotatable bonds is 6. The number of aliphatic carboxylic acids is 1. The third-order valence-corrected chi connectivity index (χ3v) is 2.67. The first kappa shape index (κ1) is 18.0. The van der Waals surface area contributed by atoms with Gasteiger partial charge in [-0.05, 0) is 32.3 Å². The zero-order valence-corrected chi connectivity index (χ0v) is 13.8. The highest BCUT2D eigenvalue weighted by atomic mass is 16.6. The molecule has 0 aliphatic heterocycles. The van der Waals surface area contributed by atoms with Gasteiger partial charge in [-0.15, -0.1) is 0 Å². The SMILES string of the molecule is CC(C)Cn1cc(C[C@H](NC(=O)OC(C)(C)C)C(=O)O)cn1. The number of amides is 1. The highest BCUT2D eigenvalue weighted by Crippen LogP contribution is 2.09. The van der Waals surface area contributed by atoms with Gasteiger partial charge in [-0.2, -0.15) is 5.10 Å². The number of ether oxygens (including phenoxy) is 1. The monoisotopic (exact) mass is 311 g/mol. The number of carboxylic acid groups (broad SMARTS) is 1. The van der Waals surface area contributed by atoms with Crippen molar-refractivity contribution in [3.63, 3.8) is 0 Å². The zero-order valence-electron chi connectivity index (χ0n) is 13.8. The molecule has 1 rings (SSSR count). The summed E-state index contributed by atoms with van der Waals surface area (Å²) in [7, 11) is 0. The molecule has 2 N–H and O–H groups in total. The van der Waals surface area contributed by atoms with Crippen LogP contribution in [0.15, 0.2) is 12.4 Å². The number of hydrogen-bond donors (Lipinski definition) is 2. The molecule has 1 atom stereocenters. The molecule has 0 radical (unpaired) electrons. The van der Waals surface area contributed by atoms with E-state index in [9.17, 15) is 14.7 Å². The van der Waals surface area contributed by atoms with Crippen molar-refractivity contribution < 1.29 is 19.4 Å². The third kappa shape index (κ3) is 6.60. The minimum absolute atomic E-state index is 0.159. The highest BCUT2D eigenvalue weighted by molar-refractivity contribution is 5.80. The van der Waals surface area contributed by atoms with E-state index in [1.165, 1.54) is 0 Å². The molecule has 124 valence electrons. The Hall–Kier alpha value is -2.05. The second kappa shape index (κ2) is 7.29. The van der Waals surface area contributed by atoms with E-state index < -0.39 is 23.7 Å². The van der Waals surface area contributed by atoms with Gasteiger partial charge in [-0.3, -0.25) is 4.68 Å². The Kier molecular flexibility index (Phi) is 5.96. The molecule has 0 fully saturated rings. The van der Waals surface area contributed by atoms with Gasteiger partial charge in [-0.25, -0.2) is 9.59 Å². The maximum atomic E-state index is 11.7. The van der Waals surface area contributed by atoms with Crippen molar-refractivity contribution in [1.29, 1.82) is 0 Å². The molecular formula is C15H25N3O4. The van der Waals surface area contributed by atoms with Crippen molar-refractivity contribution in [2.45, 2.75) is 59.2 Å². The van der Waals surface area contributed by atoms with Crippen LogP contribution in [0.2, 0.25) is 0 Å². The molecule has 1 amide bonds. The van der Waals surface area contributed by atoms with E-state index in [0.717, 1.165) is 12.1 Å². The van der Waals surface area contributed by atoms with Gasteiger partial charge in [-0.1, -0.05) is 13.8 Å². The van der Waals surface area contributed by atoms with Crippen molar-refractivity contribution >= 4 is 12.1 Å². The maximum absolute atomic E-state index is 11.7. The predicted molar refractivity (Wildman–Crippen MR) is 81.6 cm³/mol. The first-order valence-corrected chi connectivity index (χ1v) is 7.30. The lowest BCUT2D eigenvalue weighted by molar-refractivity contribution is -0.139. The van der Waals surface area contributed by atoms with Crippen LogP contribution in [0.25, 0.3) is 0 Å². The van der Waals surface area contributed by atoms with Gasteiger partial charge in [0, 0.05) is 19.2 Å². The fourth-order valence-electron chi connectivity index (χ4n) is 1.87. The largest absolute Gasteiger partial charge is 0.480 e. The van der Waals surface area contributed by atoms with E-state index >= 15 is 0 Å². The van der Waals surface area contributed by atoms with Crippen molar-refractivity contribution in [2.24, 2.45) is 5.92 Å². The quantitative estimate of drug-likeness (QED) is 0.838. The molecule has 7 nitrogen and oxygen atoms in total. The summed E-state index contributed by atoms with van der Waals surface area (Å²) in [5.74, 6) is -0.662. The topological polar surface area (TPSA) is 93.5 Å². The number of carbonyl (C=O) groups excluding carboxylic acids is 1. The highest BCUT2D eigenvalue weighted by Gasteiger charge is 2.24. The molecule has 1 aromatic heterocycles. The number of nitrogens with zero attached hydrogens (tertiary/aromatic N) is 2. The average Bonchev–Trinajstić information content (AvgIpc) is 2.71. The first-order valence-electron chi connectivity index (χ1n) is 7.30. The van der Waals surface area contributed by atoms with Gasteiger partial charge in [0.15, 0.2) is 0 Å². The van der Waals surface area contributed by atoms with Crippen molar-refractivity contribution in [2.75, 3.05) is 0 Å². The Labute approximate surface area is 130 Å². The molecule has 22 heavy (non-hydrogen) atoms. The van der Waals surface area contributed by atoms with Crippen LogP contribution in [0.5, 0.6) is 0 Å². The van der Waals surface area contributed by atoms with Crippen LogP contribution in [0, 0.1) is 5.92 Å². The molecule has 0 aromatic carbocycles. The van der Waals surface area contributed by atoms with Crippen molar-refractivity contribution in [1.82, 2.24) is 15.1 Å². The summed E-state index contributed by atoms with van der Waals surface area (Å²) in [6.07, 6.45) is 2.84. The molecular weight excluding hydrogens is 286 g/mol. The van der Waals surface area contributed by atoms with Gasteiger partial charge < -0.3 is 15.2 Å². The van der Waals surface area contributed by atoms with Crippen LogP contribution in [0.1, 0.15) is 40.2 Å². The molecule has 7 heteroatoms. The minimum Gasteiger partial charge on any atom is -0.480 e. The lowest BCUT2D eigenvalue weighted by Gasteiger charge is -2.21. The standard InChI is InChI=1S/C15H25N3O4/c1-10(2)8-18-9-11(7-16-18)6-12(13(19)20)17-14(21)22-15(3,4)5/h7,9-10,12H,6,8H2,1-5H3,(H,17,21)(H,19,20)/t12-/m0/s1. The molecule has 0 spiro atoms. The van der Waals surface area contributed by atoms with E-state index in [1.54, 1.807) is 37.8 Å². The summed E-state index contributed by atoms with van der Waals surface area (Å²) >= 11 is 0. The lowest BCUT2D eigenvalue weighted by Crippen LogP contribution is -2.44. The average molecular weight is 311 g/mol. The summed E-state index contributed by atoms with van der Waals surface area (Å²) in [6.45, 7) is 10.1. The smallest absolute Gasteiger partial charge is 0.408 e. The van der Waals surface area contributed by atoms with Crippen LogP contribution < -0.4 is 5.32 Å². The van der Waals surface area contributed by atoms with Crippen molar-refractivity contribution in [3.8, 4) is 0 Å². The second-order valence-electron chi connectivity index (χ2n) is 6.71. The predicted octanol–water partition coefficient (Wildman–Crippen LogP) is 2.06. The minimum atomic E-state index is -1.11. The summed E-state index contributed by atoms with van der Waals surface area (Å²) in [6, 6.07) is -1.05. The molecule has 0 saturated heterocycles. The summed E-state index contributed by atoms with van der Waals surface area (Å²) in [5, 5.41) is 15.8. The number of carbonyl (C=O) groups is 2. The molecule has 1 heterocycles. The summed E-state index contributed by atoms with van der Waals surface area (Å²) in [5.41, 5.74) is 0.0825. The molecule has 0 aliphatic carbocycles. The van der Waals surface area contributed by atoms with E-state index in [2.05, 4.69) is 24.3 Å². The number of nitrogens with one attached hydrogen (secondary N) is 1. The molecule has 0 bridgehead atoms. The fraction of sp³-hybridized carbons (Fsp3) is 0.667. The van der Waals surface area contributed by atoms with Crippen LogP contribution in [0.4, 0.5) is 4.79 Å². The lowest BCUT2D eigenvalue weighted by atomic mass is 10.1. The third-order valence-electron chi connectivity index (χ3n) is 2.67. The van der Waals surface area contributed by atoms with Crippen LogP contribution in [-0.2, 0) is 22.5 Å². The summed E-state index contributed by atoms with van der Waals surface area (Å²) < 4.78 is 6.85. The maximum Gasteiger partial charge on any atom is 0.408 e. The van der Waals surface area contributed by atoms with Gasteiger partial charge in [0.1, 0.15) is 11.6 Å². The van der Waals surface area contributed by atoms with Crippen LogP contribution in [0.3, 0.4) is 0 Å². The Morgan fingerprint density at radius 1 is 1.41 bits per heavy atom. The Morgan fingerprint density at radius 3 is 2.55 bits per heavy atom. The normalized spacial score (nSPS) is 13.0. The zero-order chi connectivity index (χ0) is 16.9.